The van der Waals surface area contributed by atoms with Crippen molar-refractivity contribution in [1.29, 1.82) is 0 Å². The number of rotatable bonds is 36. The van der Waals surface area contributed by atoms with Crippen LogP contribution in [0.1, 0.15) is 46.4 Å². The molecular formula is C107H123F3N22O12. The molecular weight excluding hydrogens is 1840 g/mol. The molecule has 0 spiro atoms. The number of amides is 1. The van der Waals surface area contributed by atoms with Crippen LogP contribution >= 0.6 is 0 Å². The summed E-state index contributed by atoms with van der Waals surface area (Å²) in [6, 6.07) is 52.3. The van der Waals surface area contributed by atoms with Gasteiger partial charge in [0.15, 0.2) is 6.10 Å². The summed E-state index contributed by atoms with van der Waals surface area (Å²) in [7, 11) is 22.3. The molecule has 17 aromatic rings. The minimum atomic E-state index is -4.68. The van der Waals surface area contributed by atoms with E-state index in [9.17, 15) is 28.2 Å². The molecule has 34 nitrogen and oxygen atoms in total. The average molecular weight is 1970 g/mol. The zero-order valence-electron chi connectivity index (χ0n) is 81.7. The first-order valence-electron chi connectivity index (χ1n) is 46.0. The van der Waals surface area contributed by atoms with Crippen molar-refractivity contribution in [3.8, 4) is 91.0 Å². The van der Waals surface area contributed by atoms with E-state index in [2.05, 4.69) is 62.4 Å². The maximum atomic E-state index is 12.7. The highest BCUT2D eigenvalue weighted by Crippen LogP contribution is 2.41. The van der Waals surface area contributed by atoms with Crippen molar-refractivity contribution >= 4 is 95.5 Å². The smallest absolute Gasteiger partial charge is 0.415 e. The Balaban J connectivity index is 0.000000160. The Morgan fingerprint density at radius 3 is 1.11 bits per heavy atom. The molecule has 1 amide bonds. The lowest BCUT2D eigenvalue weighted by Gasteiger charge is -2.30. The van der Waals surface area contributed by atoms with E-state index in [1.54, 1.807) is 106 Å². The summed E-state index contributed by atoms with van der Waals surface area (Å²) in [5.41, 5.74) is 20.2. The van der Waals surface area contributed by atoms with Crippen LogP contribution in [0, 0.1) is 6.92 Å². The highest BCUT2D eigenvalue weighted by molar-refractivity contribution is 5.88. The Kier molecular flexibility index (Phi) is 35.8. The molecule has 1 aliphatic heterocycles. The normalized spacial score (nSPS) is 12.2. The molecule has 9 aromatic heterocycles. The van der Waals surface area contributed by atoms with Gasteiger partial charge in [-0.3, -0.25) is 29.4 Å². The topological polar surface area (TPSA) is 335 Å². The van der Waals surface area contributed by atoms with Crippen LogP contribution in [-0.2, 0) is 44.3 Å². The maximum absolute atomic E-state index is 12.7. The number of hydrogen-bond donors (Lipinski definition) is 3. The molecule has 0 bridgehead atoms. The number of benzene rings is 8. The van der Waals surface area contributed by atoms with Crippen LogP contribution in [0.15, 0.2) is 244 Å². The minimum Gasteiger partial charge on any atom is -0.497 e. The standard InChI is InChI=1S/C29H33N5O3.C26H28F3N5O3.C25H26N8O2.C25H28N4O4.2CH4/c1-32-14-10-21(20-32)28-19-30-26-9-8-22(17-27(26)31-28)34(13-6-12-33-11-5-4-7-29(33)35)23-15-24(36-2)18-25(16-23)37-3;1-33-8-6-17(16-33)24-14-31-22-5-4-18(12-23(22)32-24)34(9-7-30-15-25(35)26(27,28)29)19-10-20(36-2)13-21(11-19)37-3;1-17-27-16-29-33(17)8-7-32(20-9-21(34-3)12-22(10-20)35-4)19-5-6-23-24(11-19)30-25(14-26-23)18-13-28-31(2)15-18;1-28-8-7-17(14-28)25-13-26-23-6-5-18(11-24(23)27-25)29(15-20(30)16-31-2)19-9-21(32-3)12-22(10-19)33-4;;/h8-10,14-20H,4-7,11-13H2,1-3H3;4-6,8,10-14,16,25,30,35H,7,9,15H2,1-3H3;5-6,9-16H,7-8H2,1-4H3;5-14,20,30H,15-16H2,1-4H3;2*1H4/t;;;20-;;/m...0../s1. The van der Waals surface area contributed by atoms with Crippen LogP contribution in [0.5, 0.6) is 46.0 Å². The number of piperidine rings is 1. The minimum absolute atomic E-state index is 0. The van der Waals surface area contributed by atoms with Crippen LogP contribution in [0.25, 0.3) is 89.2 Å². The van der Waals surface area contributed by atoms with Gasteiger partial charge >= 0.3 is 6.18 Å². The summed E-state index contributed by atoms with van der Waals surface area (Å²) in [6.45, 7) is 5.90. The van der Waals surface area contributed by atoms with Gasteiger partial charge < -0.3 is 96.4 Å². The fraction of sp³-hybridized carbons (Fsp3) is 0.308. The van der Waals surface area contributed by atoms with E-state index in [-0.39, 0.29) is 40.5 Å². The van der Waals surface area contributed by atoms with Gasteiger partial charge in [-0.05, 0) is 117 Å². The van der Waals surface area contributed by atoms with Gasteiger partial charge in [0.2, 0.25) is 5.91 Å². The third kappa shape index (κ3) is 26.6. The van der Waals surface area contributed by atoms with Crippen molar-refractivity contribution in [3.63, 3.8) is 0 Å². The summed E-state index contributed by atoms with van der Waals surface area (Å²) in [4.78, 5) is 64.7. The summed E-state index contributed by atoms with van der Waals surface area (Å²) in [5.74, 6) is 6.41. The van der Waals surface area contributed by atoms with Gasteiger partial charge in [0, 0.05) is 271 Å². The van der Waals surface area contributed by atoms with E-state index < -0.39 is 24.9 Å². The molecule has 144 heavy (non-hydrogen) atoms. The van der Waals surface area contributed by atoms with Crippen LogP contribution < -0.4 is 62.8 Å². The third-order valence-electron chi connectivity index (χ3n) is 23.9. The predicted octanol–water partition coefficient (Wildman–Crippen LogP) is 18.4. The first-order chi connectivity index (χ1) is 68.7. The summed E-state index contributed by atoms with van der Waals surface area (Å²) in [5, 5.41) is 31.1. The number of ether oxygens (including phenoxy) is 9. The molecule has 0 saturated carbocycles. The SMILES string of the molecule is C.C.COC[C@@H](O)CN(c1cc(OC)cc(OC)c1)c1ccc2ncc(-c3ccn(C)c3)nc2c1.COc1cc(OC)cc(N(CCCN2CCCCC2=O)c2ccc3ncc(-c4ccn(C)c4)nc3c2)c1.COc1cc(OC)cc(N(CCNCC(O)C(F)(F)F)c2ccc3ncc(-c4ccn(C)c4)nc3c2)c1.COc1cc(OC)cc(N(CCn2ncnc2C)c2ccc3ncc(-c4cnn(C)c4)nc3c2)c1. The molecule has 37 heteroatoms. The van der Waals surface area contributed by atoms with Crippen molar-refractivity contribution in [2.75, 3.05) is 143 Å². The van der Waals surface area contributed by atoms with Crippen LogP contribution in [-0.4, -0.2) is 240 Å². The number of fused-ring (bicyclic) bond motifs is 4. The zero-order chi connectivity index (χ0) is 100. The van der Waals surface area contributed by atoms with E-state index in [1.807, 2.05) is 263 Å². The van der Waals surface area contributed by atoms with E-state index in [1.165, 1.54) is 0 Å². The number of aliphatic hydroxyl groups excluding tert-OH is 2. The Hall–Kier alpha value is -16.0. The molecule has 2 atom stereocenters. The van der Waals surface area contributed by atoms with Crippen LogP contribution in [0.2, 0.25) is 0 Å². The second-order valence-electron chi connectivity index (χ2n) is 33.8. The fourth-order valence-electron chi connectivity index (χ4n) is 16.4. The molecule has 1 saturated heterocycles. The Morgan fingerprint density at radius 2 is 0.778 bits per heavy atom. The van der Waals surface area contributed by atoms with E-state index in [4.69, 9.17) is 62.6 Å². The highest BCUT2D eigenvalue weighted by Gasteiger charge is 2.38. The second-order valence-corrected chi connectivity index (χ2v) is 33.8. The fourth-order valence-corrected chi connectivity index (χ4v) is 16.4. The van der Waals surface area contributed by atoms with Gasteiger partial charge in [0.05, 0.1) is 181 Å². The Morgan fingerprint density at radius 1 is 0.410 bits per heavy atom. The van der Waals surface area contributed by atoms with Gasteiger partial charge in [-0.2, -0.15) is 23.4 Å². The number of carbonyl (C=O) groups excluding carboxylic acids is 1. The number of likely N-dealkylation sites (tertiary alicyclic amines) is 1. The average Bonchev–Trinajstić information content (AvgIpc) is 1.21. The molecule has 754 valence electrons. The lowest BCUT2D eigenvalue weighted by atomic mass is 10.1. The van der Waals surface area contributed by atoms with Crippen molar-refractivity contribution in [2.24, 2.45) is 28.2 Å². The van der Waals surface area contributed by atoms with E-state index in [0.29, 0.717) is 77.3 Å². The zero-order valence-corrected chi connectivity index (χ0v) is 81.7. The summed E-state index contributed by atoms with van der Waals surface area (Å²) in [6.07, 6.45) is 20.0. The van der Waals surface area contributed by atoms with Crippen molar-refractivity contribution in [2.45, 2.75) is 72.4 Å². The summed E-state index contributed by atoms with van der Waals surface area (Å²) < 4.78 is 96.7. The van der Waals surface area contributed by atoms with Crippen molar-refractivity contribution in [1.82, 2.24) is 88.3 Å². The van der Waals surface area contributed by atoms with E-state index in [0.717, 1.165) is 174 Å². The lowest BCUT2D eigenvalue weighted by Crippen LogP contribution is -2.40. The number of anilines is 8. The monoisotopic (exact) mass is 1960 g/mol. The number of aryl methyl sites for hydroxylation is 5. The molecule has 0 radical (unpaired) electrons. The number of aliphatic hydroxyl groups is 2. The molecule has 0 aliphatic carbocycles. The Bertz CT molecular complexity index is 7060. The molecule has 3 N–H and O–H groups in total. The molecule has 1 fully saturated rings. The number of carbonyl (C=O) groups is 1. The Labute approximate surface area is 834 Å². The van der Waals surface area contributed by atoms with Crippen LogP contribution in [0.3, 0.4) is 0 Å². The van der Waals surface area contributed by atoms with Crippen molar-refractivity contribution in [3.05, 3.63) is 250 Å². The number of alkyl halides is 3. The van der Waals surface area contributed by atoms with Gasteiger partial charge in [-0.1, -0.05) is 14.9 Å². The largest absolute Gasteiger partial charge is 0.497 e. The molecule has 10 heterocycles. The number of nitrogens with one attached hydrogen (secondary N) is 1. The quantitative estimate of drug-likeness (QED) is 0.0307. The molecule has 1 aliphatic rings. The van der Waals surface area contributed by atoms with Crippen molar-refractivity contribution < 1.29 is 70.8 Å². The summed E-state index contributed by atoms with van der Waals surface area (Å²) >= 11 is 0. The molecule has 1 unspecified atom stereocenters. The van der Waals surface area contributed by atoms with E-state index >= 15 is 0 Å². The maximum Gasteiger partial charge on any atom is 0.415 e. The lowest BCUT2D eigenvalue weighted by molar-refractivity contribution is -0.201. The number of aromatic nitrogens is 16. The van der Waals surface area contributed by atoms with Gasteiger partial charge in [-0.15, -0.1) is 0 Å². The second kappa shape index (κ2) is 48.9. The third-order valence-corrected chi connectivity index (χ3v) is 23.9. The predicted molar refractivity (Wildman–Crippen MR) is 556 cm³/mol. The number of methoxy groups -OCH3 is 9. The van der Waals surface area contributed by atoms with Crippen LogP contribution in [0.4, 0.5) is 58.7 Å². The number of nitrogens with zero attached hydrogens (tertiary/aromatic N) is 21. The molecule has 18 rings (SSSR count). The number of halogens is 3. The molecule has 8 aromatic carbocycles. The van der Waals surface area contributed by atoms with Gasteiger partial charge in [-0.25, -0.2) is 29.6 Å². The highest BCUT2D eigenvalue weighted by atomic mass is 19.4. The van der Waals surface area contributed by atoms with Gasteiger partial charge in [0.25, 0.3) is 0 Å². The first kappa shape index (κ1) is 105. The number of hydrogen-bond acceptors (Lipinski definition) is 28. The first-order valence-corrected chi connectivity index (χ1v) is 46.0. The van der Waals surface area contributed by atoms with Gasteiger partial charge in [0.1, 0.15) is 58.1 Å².